The maximum atomic E-state index is 2.83. The summed E-state index contributed by atoms with van der Waals surface area (Å²) in [5.74, 6) is 0. The van der Waals surface area contributed by atoms with Crippen molar-refractivity contribution in [3.05, 3.63) is 12.2 Å². The second-order valence-electron chi connectivity index (χ2n) is 5.65. The molecule has 3 rings (SSSR count). The molecular weight excluding hydrogens is 196 g/mol. The van der Waals surface area contributed by atoms with Gasteiger partial charge in [-0.2, -0.15) is 0 Å². The Bertz CT molecular complexity index is 266. The van der Waals surface area contributed by atoms with Crippen molar-refractivity contribution in [1.29, 1.82) is 0 Å². The van der Waals surface area contributed by atoms with E-state index in [0.29, 0.717) is 0 Å². The van der Waals surface area contributed by atoms with Gasteiger partial charge in [-0.3, -0.25) is 9.80 Å². The number of piperazine rings is 1. The molecule has 0 amide bonds. The van der Waals surface area contributed by atoms with Crippen molar-refractivity contribution >= 4 is 0 Å². The van der Waals surface area contributed by atoms with Crippen molar-refractivity contribution in [3.63, 3.8) is 0 Å². The first-order chi connectivity index (χ1) is 7.88. The SMILES string of the molecule is CCC1CN2CCCC2CN1C1CC=CC1. The lowest BCUT2D eigenvalue weighted by molar-refractivity contribution is 0.0217. The van der Waals surface area contributed by atoms with Gasteiger partial charge in [-0.25, -0.2) is 0 Å². The van der Waals surface area contributed by atoms with E-state index in [0.717, 1.165) is 18.1 Å². The monoisotopic (exact) mass is 220 g/mol. The van der Waals surface area contributed by atoms with E-state index in [1.54, 1.807) is 0 Å². The molecule has 16 heavy (non-hydrogen) atoms. The standard InChI is InChI=1S/C14H24N2/c1-2-12-10-15-9-5-8-14(15)11-16(12)13-6-3-4-7-13/h3-4,12-14H,2,5-11H2,1H3. The summed E-state index contributed by atoms with van der Waals surface area (Å²) in [6.07, 6.45) is 11.5. The molecular formula is C14H24N2. The van der Waals surface area contributed by atoms with Crippen LogP contribution in [0.5, 0.6) is 0 Å². The van der Waals surface area contributed by atoms with E-state index < -0.39 is 0 Å². The van der Waals surface area contributed by atoms with Gasteiger partial charge in [-0.05, 0) is 38.6 Å². The molecule has 2 atom stereocenters. The normalized spacial score (nSPS) is 37.1. The average molecular weight is 220 g/mol. The van der Waals surface area contributed by atoms with Crippen molar-refractivity contribution in [2.75, 3.05) is 19.6 Å². The molecule has 2 heteroatoms. The van der Waals surface area contributed by atoms with Crippen LogP contribution in [0.4, 0.5) is 0 Å². The molecule has 0 bridgehead atoms. The molecule has 3 aliphatic rings. The summed E-state index contributed by atoms with van der Waals surface area (Å²) in [5, 5.41) is 0. The Morgan fingerprint density at radius 3 is 2.69 bits per heavy atom. The third-order valence-electron chi connectivity index (χ3n) is 4.76. The first-order valence-electron chi connectivity index (χ1n) is 7.03. The van der Waals surface area contributed by atoms with Crippen LogP contribution in [0.3, 0.4) is 0 Å². The lowest BCUT2D eigenvalue weighted by Crippen LogP contribution is -2.58. The van der Waals surface area contributed by atoms with Crippen molar-refractivity contribution in [3.8, 4) is 0 Å². The number of fused-ring (bicyclic) bond motifs is 1. The van der Waals surface area contributed by atoms with E-state index in [2.05, 4.69) is 28.9 Å². The van der Waals surface area contributed by atoms with Crippen molar-refractivity contribution < 1.29 is 0 Å². The summed E-state index contributed by atoms with van der Waals surface area (Å²) >= 11 is 0. The molecule has 2 saturated heterocycles. The molecule has 0 spiro atoms. The minimum atomic E-state index is 0.819. The molecule has 1 aliphatic carbocycles. The van der Waals surface area contributed by atoms with Gasteiger partial charge in [-0.1, -0.05) is 19.1 Å². The van der Waals surface area contributed by atoms with Gasteiger partial charge in [0.1, 0.15) is 0 Å². The van der Waals surface area contributed by atoms with E-state index in [9.17, 15) is 0 Å². The highest BCUT2D eigenvalue weighted by Gasteiger charge is 2.38. The molecule has 2 heterocycles. The summed E-state index contributed by atoms with van der Waals surface area (Å²) in [6.45, 7) is 6.39. The average Bonchev–Trinajstić information content (AvgIpc) is 2.97. The lowest BCUT2D eigenvalue weighted by Gasteiger charge is -2.46. The molecule has 0 aromatic heterocycles. The summed E-state index contributed by atoms with van der Waals surface area (Å²) < 4.78 is 0. The quantitative estimate of drug-likeness (QED) is 0.659. The summed E-state index contributed by atoms with van der Waals surface area (Å²) in [6, 6.07) is 2.52. The molecule has 0 aromatic carbocycles. The largest absolute Gasteiger partial charge is 0.298 e. The number of nitrogens with zero attached hydrogens (tertiary/aromatic N) is 2. The van der Waals surface area contributed by atoms with Crippen LogP contribution < -0.4 is 0 Å². The van der Waals surface area contributed by atoms with Gasteiger partial charge in [-0.15, -0.1) is 0 Å². The molecule has 0 saturated carbocycles. The first kappa shape index (κ1) is 10.8. The molecule has 0 N–H and O–H groups in total. The van der Waals surface area contributed by atoms with Gasteiger partial charge in [0.25, 0.3) is 0 Å². The molecule has 2 aliphatic heterocycles. The van der Waals surface area contributed by atoms with Crippen LogP contribution in [0, 0.1) is 0 Å². The van der Waals surface area contributed by atoms with Crippen LogP contribution in [0.25, 0.3) is 0 Å². The third-order valence-corrected chi connectivity index (χ3v) is 4.76. The Hall–Kier alpha value is -0.340. The molecule has 2 unspecified atom stereocenters. The molecule has 2 nitrogen and oxygen atoms in total. The van der Waals surface area contributed by atoms with Gasteiger partial charge in [0.2, 0.25) is 0 Å². The van der Waals surface area contributed by atoms with Gasteiger partial charge < -0.3 is 0 Å². The predicted octanol–water partition coefficient (Wildman–Crippen LogP) is 2.26. The second-order valence-corrected chi connectivity index (χ2v) is 5.65. The van der Waals surface area contributed by atoms with E-state index in [1.807, 2.05) is 0 Å². The van der Waals surface area contributed by atoms with Crippen LogP contribution in [-0.2, 0) is 0 Å². The Kier molecular flexibility index (Phi) is 3.03. The first-order valence-corrected chi connectivity index (χ1v) is 7.03. The Balaban J connectivity index is 1.70. The van der Waals surface area contributed by atoms with Gasteiger partial charge in [0.05, 0.1) is 0 Å². The maximum Gasteiger partial charge on any atom is 0.0224 e. The topological polar surface area (TPSA) is 6.48 Å². The second kappa shape index (κ2) is 4.50. The van der Waals surface area contributed by atoms with Crippen LogP contribution in [0.2, 0.25) is 0 Å². The molecule has 0 aromatic rings. The predicted molar refractivity (Wildman–Crippen MR) is 67.5 cm³/mol. The minimum absolute atomic E-state index is 0.819. The van der Waals surface area contributed by atoms with Crippen LogP contribution in [0.15, 0.2) is 12.2 Å². The Morgan fingerprint density at radius 1 is 1.12 bits per heavy atom. The van der Waals surface area contributed by atoms with Gasteiger partial charge in [0.15, 0.2) is 0 Å². The summed E-state index contributed by atoms with van der Waals surface area (Å²) in [7, 11) is 0. The van der Waals surface area contributed by atoms with Crippen molar-refractivity contribution in [1.82, 2.24) is 9.80 Å². The summed E-state index contributed by atoms with van der Waals surface area (Å²) in [5.41, 5.74) is 0. The Labute approximate surface area is 99.3 Å². The zero-order valence-electron chi connectivity index (χ0n) is 10.4. The lowest BCUT2D eigenvalue weighted by atomic mass is 10.0. The minimum Gasteiger partial charge on any atom is -0.298 e. The number of rotatable bonds is 2. The van der Waals surface area contributed by atoms with E-state index >= 15 is 0 Å². The van der Waals surface area contributed by atoms with Crippen LogP contribution >= 0.6 is 0 Å². The smallest absolute Gasteiger partial charge is 0.0224 e. The fraction of sp³-hybridized carbons (Fsp3) is 0.857. The van der Waals surface area contributed by atoms with E-state index in [4.69, 9.17) is 0 Å². The number of hydrogen-bond donors (Lipinski definition) is 0. The molecule has 90 valence electrons. The zero-order valence-corrected chi connectivity index (χ0v) is 10.4. The number of hydrogen-bond acceptors (Lipinski definition) is 2. The van der Waals surface area contributed by atoms with E-state index in [1.165, 1.54) is 51.7 Å². The third kappa shape index (κ3) is 1.82. The molecule has 0 radical (unpaired) electrons. The van der Waals surface area contributed by atoms with Crippen LogP contribution in [0.1, 0.15) is 39.0 Å². The highest BCUT2D eigenvalue weighted by Crippen LogP contribution is 2.30. The Morgan fingerprint density at radius 2 is 1.94 bits per heavy atom. The van der Waals surface area contributed by atoms with Crippen LogP contribution in [-0.4, -0.2) is 47.6 Å². The summed E-state index contributed by atoms with van der Waals surface area (Å²) in [4.78, 5) is 5.57. The zero-order chi connectivity index (χ0) is 11.0. The van der Waals surface area contributed by atoms with Gasteiger partial charge in [0, 0.05) is 31.2 Å². The molecule has 2 fully saturated rings. The fourth-order valence-electron chi connectivity index (χ4n) is 3.79. The van der Waals surface area contributed by atoms with Crippen molar-refractivity contribution in [2.24, 2.45) is 0 Å². The van der Waals surface area contributed by atoms with Gasteiger partial charge >= 0.3 is 0 Å². The van der Waals surface area contributed by atoms with Crippen molar-refractivity contribution in [2.45, 2.75) is 57.2 Å². The highest BCUT2D eigenvalue weighted by atomic mass is 15.3. The fourth-order valence-corrected chi connectivity index (χ4v) is 3.79. The van der Waals surface area contributed by atoms with E-state index in [-0.39, 0.29) is 0 Å². The maximum absolute atomic E-state index is 2.83. The highest BCUT2D eigenvalue weighted by molar-refractivity contribution is 5.03.